The molecule has 0 saturated heterocycles. The summed E-state index contributed by atoms with van der Waals surface area (Å²) in [7, 11) is 1.50. The summed E-state index contributed by atoms with van der Waals surface area (Å²) in [6, 6.07) is 4.81. The van der Waals surface area contributed by atoms with Crippen molar-refractivity contribution in [3.8, 4) is 5.75 Å². The lowest BCUT2D eigenvalue weighted by molar-refractivity contribution is 0.102. The molecule has 1 aromatic carbocycles. The molecule has 0 aliphatic rings. The van der Waals surface area contributed by atoms with Gasteiger partial charge in [-0.05, 0) is 32.0 Å². The van der Waals surface area contributed by atoms with E-state index in [1.54, 1.807) is 25.1 Å². The van der Waals surface area contributed by atoms with Gasteiger partial charge in [-0.1, -0.05) is 5.16 Å². The highest BCUT2D eigenvalue weighted by molar-refractivity contribution is 6.04. The van der Waals surface area contributed by atoms with Crippen molar-refractivity contribution in [3.63, 3.8) is 0 Å². The maximum atomic E-state index is 12.1. The summed E-state index contributed by atoms with van der Waals surface area (Å²) in [6.45, 7) is 3.63. The first-order chi connectivity index (χ1) is 9.02. The Bertz CT molecular complexity index is 620. The van der Waals surface area contributed by atoms with E-state index in [1.807, 2.05) is 6.92 Å². The van der Waals surface area contributed by atoms with E-state index in [4.69, 9.17) is 15.0 Å². The van der Waals surface area contributed by atoms with Crippen LogP contribution in [0.25, 0.3) is 0 Å². The lowest BCUT2D eigenvalue weighted by Gasteiger charge is -2.07. The van der Waals surface area contributed by atoms with Crippen LogP contribution >= 0.6 is 0 Å². The van der Waals surface area contributed by atoms with Crippen LogP contribution in [0.2, 0.25) is 0 Å². The second-order valence-electron chi connectivity index (χ2n) is 4.13. The van der Waals surface area contributed by atoms with E-state index in [9.17, 15) is 4.79 Å². The molecular formula is C13H15N3O3. The minimum atomic E-state index is -0.308. The van der Waals surface area contributed by atoms with Gasteiger partial charge in [0, 0.05) is 11.1 Å². The van der Waals surface area contributed by atoms with E-state index in [2.05, 4.69) is 10.5 Å². The maximum Gasteiger partial charge on any atom is 0.258 e. The number of anilines is 2. The van der Waals surface area contributed by atoms with Crippen LogP contribution in [-0.2, 0) is 0 Å². The van der Waals surface area contributed by atoms with E-state index in [0.29, 0.717) is 22.9 Å². The Morgan fingerprint density at radius 1 is 1.42 bits per heavy atom. The number of nitrogen functional groups attached to an aromatic ring is 1. The first-order valence-corrected chi connectivity index (χ1v) is 5.70. The molecular weight excluding hydrogens is 246 g/mol. The number of methoxy groups -OCH3 is 1. The van der Waals surface area contributed by atoms with Crippen LogP contribution in [0.15, 0.2) is 22.7 Å². The number of nitrogens with two attached hydrogens (primary N) is 1. The van der Waals surface area contributed by atoms with E-state index in [1.165, 1.54) is 7.11 Å². The van der Waals surface area contributed by atoms with Gasteiger partial charge in [-0.3, -0.25) is 10.1 Å². The number of nitrogens with zero attached hydrogens (tertiary/aromatic N) is 1. The van der Waals surface area contributed by atoms with Gasteiger partial charge >= 0.3 is 0 Å². The SMILES string of the molecule is COc1cc(C(=O)Nc2onc(C)c2C)ccc1N. The summed E-state index contributed by atoms with van der Waals surface area (Å²) in [4.78, 5) is 12.1. The average molecular weight is 261 g/mol. The fourth-order valence-corrected chi connectivity index (χ4v) is 1.56. The summed E-state index contributed by atoms with van der Waals surface area (Å²) in [6.07, 6.45) is 0. The Morgan fingerprint density at radius 2 is 2.16 bits per heavy atom. The molecule has 100 valence electrons. The van der Waals surface area contributed by atoms with Crippen LogP contribution in [0.4, 0.5) is 11.6 Å². The fourth-order valence-electron chi connectivity index (χ4n) is 1.56. The lowest BCUT2D eigenvalue weighted by Crippen LogP contribution is -2.12. The Kier molecular flexibility index (Phi) is 3.41. The van der Waals surface area contributed by atoms with Crippen molar-refractivity contribution in [2.24, 2.45) is 0 Å². The van der Waals surface area contributed by atoms with E-state index < -0.39 is 0 Å². The lowest BCUT2D eigenvalue weighted by atomic mass is 10.1. The quantitative estimate of drug-likeness (QED) is 0.826. The van der Waals surface area contributed by atoms with Crippen LogP contribution in [0.5, 0.6) is 5.75 Å². The highest BCUT2D eigenvalue weighted by Crippen LogP contribution is 2.23. The molecule has 0 saturated carbocycles. The standard InChI is InChI=1S/C13H15N3O3/c1-7-8(2)16-19-13(7)15-12(17)9-4-5-10(14)11(6-9)18-3/h4-6H,14H2,1-3H3,(H,15,17). The summed E-state index contributed by atoms with van der Waals surface area (Å²) in [5, 5.41) is 6.43. The zero-order valence-corrected chi connectivity index (χ0v) is 11.0. The second-order valence-corrected chi connectivity index (χ2v) is 4.13. The molecule has 3 N–H and O–H groups in total. The Morgan fingerprint density at radius 3 is 2.74 bits per heavy atom. The summed E-state index contributed by atoms with van der Waals surface area (Å²) < 4.78 is 10.1. The number of benzene rings is 1. The highest BCUT2D eigenvalue weighted by Gasteiger charge is 2.14. The number of rotatable bonds is 3. The topological polar surface area (TPSA) is 90.4 Å². The van der Waals surface area contributed by atoms with Crippen molar-refractivity contribution in [2.75, 3.05) is 18.2 Å². The van der Waals surface area contributed by atoms with Crippen molar-refractivity contribution in [2.45, 2.75) is 13.8 Å². The Hall–Kier alpha value is -2.50. The number of ether oxygens (including phenoxy) is 1. The van der Waals surface area contributed by atoms with Gasteiger partial charge in [0.2, 0.25) is 5.88 Å². The third-order valence-corrected chi connectivity index (χ3v) is 2.88. The van der Waals surface area contributed by atoms with Crippen LogP contribution < -0.4 is 15.8 Å². The van der Waals surface area contributed by atoms with Crippen molar-refractivity contribution in [1.29, 1.82) is 0 Å². The maximum absolute atomic E-state index is 12.1. The first-order valence-electron chi connectivity index (χ1n) is 5.70. The molecule has 0 bridgehead atoms. The summed E-state index contributed by atoms with van der Waals surface area (Å²) in [5.41, 5.74) is 8.15. The van der Waals surface area contributed by atoms with Gasteiger partial charge in [-0.25, -0.2) is 0 Å². The number of amides is 1. The Balaban J connectivity index is 2.23. The van der Waals surface area contributed by atoms with Crippen LogP contribution in [0.3, 0.4) is 0 Å². The minimum absolute atomic E-state index is 0.308. The number of hydrogen-bond donors (Lipinski definition) is 2. The molecule has 2 aromatic rings. The number of aryl methyl sites for hydroxylation is 1. The molecule has 1 heterocycles. The first kappa shape index (κ1) is 12.9. The third kappa shape index (κ3) is 2.52. The number of aromatic nitrogens is 1. The fraction of sp³-hybridized carbons (Fsp3) is 0.231. The van der Waals surface area contributed by atoms with Crippen molar-refractivity contribution >= 4 is 17.5 Å². The predicted octanol–water partition coefficient (Wildman–Crippen LogP) is 2.13. The summed E-state index contributed by atoms with van der Waals surface area (Å²) in [5.74, 6) is 0.494. The average Bonchev–Trinajstić information content (AvgIpc) is 2.71. The normalized spacial score (nSPS) is 10.3. The van der Waals surface area contributed by atoms with Crippen LogP contribution in [-0.4, -0.2) is 18.2 Å². The molecule has 19 heavy (non-hydrogen) atoms. The molecule has 1 aromatic heterocycles. The van der Waals surface area contributed by atoms with E-state index in [-0.39, 0.29) is 5.91 Å². The Labute approximate surface area is 110 Å². The van der Waals surface area contributed by atoms with Gasteiger partial charge < -0.3 is 15.0 Å². The number of carbonyl (C=O) groups is 1. The molecule has 0 atom stereocenters. The molecule has 0 aliphatic carbocycles. The highest BCUT2D eigenvalue weighted by atomic mass is 16.5. The molecule has 2 rings (SSSR count). The predicted molar refractivity (Wildman–Crippen MR) is 71.3 cm³/mol. The third-order valence-electron chi connectivity index (χ3n) is 2.88. The number of nitrogens with one attached hydrogen (secondary N) is 1. The molecule has 0 fully saturated rings. The largest absolute Gasteiger partial charge is 0.495 e. The van der Waals surface area contributed by atoms with Gasteiger partial charge in [0.25, 0.3) is 5.91 Å². The molecule has 6 heteroatoms. The van der Waals surface area contributed by atoms with Gasteiger partial charge in [0.15, 0.2) is 0 Å². The van der Waals surface area contributed by atoms with Crippen molar-refractivity contribution < 1.29 is 14.1 Å². The zero-order valence-electron chi connectivity index (χ0n) is 11.0. The molecule has 0 aliphatic heterocycles. The van der Waals surface area contributed by atoms with E-state index in [0.717, 1.165) is 11.3 Å². The van der Waals surface area contributed by atoms with Crippen LogP contribution in [0.1, 0.15) is 21.6 Å². The van der Waals surface area contributed by atoms with Gasteiger partial charge in [-0.15, -0.1) is 0 Å². The minimum Gasteiger partial charge on any atom is -0.495 e. The van der Waals surface area contributed by atoms with E-state index >= 15 is 0 Å². The molecule has 0 unspecified atom stereocenters. The monoisotopic (exact) mass is 261 g/mol. The number of hydrogen-bond acceptors (Lipinski definition) is 5. The van der Waals surface area contributed by atoms with Gasteiger partial charge in [-0.2, -0.15) is 0 Å². The smallest absolute Gasteiger partial charge is 0.258 e. The van der Waals surface area contributed by atoms with Crippen LogP contribution in [0, 0.1) is 13.8 Å². The second kappa shape index (κ2) is 5.01. The van der Waals surface area contributed by atoms with Crippen molar-refractivity contribution in [3.05, 3.63) is 35.0 Å². The number of carbonyl (C=O) groups excluding carboxylic acids is 1. The molecule has 0 spiro atoms. The zero-order chi connectivity index (χ0) is 14.0. The summed E-state index contributed by atoms with van der Waals surface area (Å²) >= 11 is 0. The molecule has 0 radical (unpaired) electrons. The van der Waals surface area contributed by atoms with Gasteiger partial charge in [0.05, 0.1) is 18.5 Å². The van der Waals surface area contributed by atoms with Gasteiger partial charge in [0.1, 0.15) is 5.75 Å². The molecule has 1 amide bonds. The van der Waals surface area contributed by atoms with Crippen molar-refractivity contribution in [1.82, 2.24) is 5.16 Å². The molecule has 6 nitrogen and oxygen atoms in total.